The highest BCUT2D eigenvalue weighted by Gasteiger charge is 2.55. The fraction of sp³-hybridized carbons (Fsp3) is 0.432. The van der Waals surface area contributed by atoms with Gasteiger partial charge in [-0.1, -0.05) is 35.3 Å². The molecule has 2 saturated carbocycles. The number of halogens is 3. The smallest absolute Gasteiger partial charge is 0.272 e. The van der Waals surface area contributed by atoms with Crippen molar-refractivity contribution >= 4 is 62.5 Å². The normalized spacial score (nSPS) is 24.9. The lowest BCUT2D eigenvalue weighted by atomic mass is 9.79. The van der Waals surface area contributed by atoms with E-state index in [9.17, 15) is 14.9 Å². The van der Waals surface area contributed by atoms with Gasteiger partial charge < -0.3 is 24.6 Å². The average Bonchev–Trinajstić information content (AvgIpc) is 3.48. The maximum atomic E-state index is 17.4. The SMILES string of the molecule is Cc1nc2c(F)c(-c3cccc(Cl)c3Cl)c(CCC#N)cc2c2c1cc(C1C3CC(CN(c4ccnc(C(=O)N(C)C)c4)C3)N1C(=O)C1CC1)n2C1C2CNC1C2. The Bertz CT molecular complexity index is 2550. The summed E-state index contributed by atoms with van der Waals surface area (Å²) in [5.41, 5.74) is 5.74. The summed E-state index contributed by atoms with van der Waals surface area (Å²) in [4.78, 5) is 42.9. The fourth-order valence-corrected chi connectivity index (χ4v) is 10.9. The van der Waals surface area contributed by atoms with Gasteiger partial charge in [0.1, 0.15) is 11.2 Å². The van der Waals surface area contributed by atoms with E-state index in [-0.39, 0.29) is 64.8 Å². The average molecular weight is 806 g/mol. The maximum Gasteiger partial charge on any atom is 0.272 e. The molecule has 2 amide bonds. The summed E-state index contributed by atoms with van der Waals surface area (Å²) in [5, 5.41) is 15.6. The predicted octanol–water partition coefficient (Wildman–Crippen LogP) is 7.89. The number of benzene rings is 2. The van der Waals surface area contributed by atoms with Crippen molar-refractivity contribution in [2.24, 2.45) is 17.8 Å². The second-order valence-electron chi connectivity index (χ2n) is 16.9. The minimum atomic E-state index is -0.485. The standard InChI is InChI=1S/C44H43Cl2FN8O2/c1-22-30-18-35(41-26-14-28(54(41)43(56)23-9-10-23)21-53(20-26)27-11-13-49-34(17-27)44(57)52(2)3)55(40-25-16-33(40)50-19-25)42(30)31-15-24(6-5-12-48)36(38(47)39(31)51-22)29-7-4-8-32(45)37(29)46/h4,7-8,11,13,15,17-18,23,25-26,28,33,40-41,50H,5-6,9-10,14,16,19-21H2,1-3H3. The van der Waals surface area contributed by atoms with Crippen molar-refractivity contribution in [2.45, 2.75) is 69.6 Å². The third kappa shape index (κ3) is 5.73. The second kappa shape index (κ2) is 13.7. The minimum Gasteiger partial charge on any atom is -0.369 e. The van der Waals surface area contributed by atoms with E-state index in [2.05, 4.69) is 36.8 Å². The van der Waals surface area contributed by atoms with Gasteiger partial charge in [0, 0.05) is 103 Å². The quantitative estimate of drug-likeness (QED) is 0.170. The molecule has 6 aliphatic rings. The number of amides is 2. The predicted molar refractivity (Wildman–Crippen MR) is 219 cm³/mol. The second-order valence-corrected chi connectivity index (χ2v) is 17.7. The fourth-order valence-electron chi connectivity index (χ4n) is 10.5. The van der Waals surface area contributed by atoms with Crippen molar-refractivity contribution in [1.82, 2.24) is 29.7 Å². The Kier molecular flexibility index (Phi) is 8.78. The van der Waals surface area contributed by atoms with Crippen LogP contribution in [0.15, 0.2) is 48.7 Å². The number of aryl methyl sites for hydroxylation is 2. The van der Waals surface area contributed by atoms with Gasteiger partial charge in [-0.2, -0.15) is 5.26 Å². The van der Waals surface area contributed by atoms with E-state index < -0.39 is 5.82 Å². The van der Waals surface area contributed by atoms with Crippen molar-refractivity contribution in [3.8, 4) is 17.2 Å². The van der Waals surface area contributed by atoms with E-state index >= 15 is 4.39 Å². The molecule has 3 aromatic heterocycles. The van der Waals surface area contributed by atoms with Gasteiger partial charge in [0.25, 0.3) is 5.91 Å². The van der Waals surface area contributed by atoms with Crippen LogP contribution in [0, 0.1) is 41.8 Å². The summed E-state index contributed by atoms with van der Waals surface area (Å²) >= 11 is 13.2. The third-order valence-electron chi connectivity index (χ3n) is 13.3. The molecule has 292 valence electrons. The number of fused-ring (bicyclic) bond motifs is 6. The monoisotopic (exact) mass is 804 g/mol. The van der Waals surface area contributed by atoms with Gasteiger partial charge in [-0.05, 0) is 80.8 Å². The molecule has 4 saturated heterocycles. The number of likely N-dealkylation sites (tertiary alicyclic amines) is 1. The van der Waals surface area contributed by atoms with E-state index in [1.54, 1.807) is 38.5 Å². The molecule has 2 aliphatic carbocycles. The molecule has 6 fully saturated rings. The van der Waals surface area contributed by atoms with E-state index in [4.69, 9.17) is 28.2 Å². The number of hydrogen-bond acceptors (Lipinski definition) is 7. The van der Waals surface area contributed by atoms with Crippen LogP contribution in [0.5, 0.6) is 0 Å². The highest BCUT2D eigenvalue weighted by molar-refractivity contribution is 6.43. The number of anilines is 1. The van der Waals surface area contributed by atoms with Crippen molar-refractivity contribution in [1.29, 1.82) is 5.26 Å². The van der Waals surface area contributed by atoms with Gasteiger partial charge in [-0.15, -0.1) is 0 Å². The van der Waals surface area contributed by atoms with Gasteiger partial charge in [0.05, 0.1) is 39.8 Å². The topological polar surface area (TPSA) is 110 Å². The minimum absolute atomic E-state index is 0.0123. The van der Waals surface area contributed by atoms with Crippen LogP contribution in [0.3, 0.4) is 0 Å². The highest BCUT2D eigenvalue weighted by atomic mass is 35.5. The Morgan fingerprint density at radius 1 is 1.07 bits per heavy atom. The van der Waals surface area contributed by atoms with Crippen LogP contribution in [0.1, 0.15) is 71.6 Å². The van der Waals surface area contributed by atoms with E-state index in [1.807, 2.05) is 25.1 Å². The summed E-state index contributed by atoms with van der Waals surface area (Å²) in [7, 11) is 3.45. The molecule has 4 aliphatic heterocycles. The molecular formula is C44H43Cl2FN8O2. The lowest BCUT2D eigenvalue weighted by molar-refractivity contribution is -0.135. The first-order valence-corrected chi connectivity index (χ1v) is 20.8. The molecule has 4 bridgehead atoms. The summed E-state index contributed by atoms with van der Waals surface area (Å²) in [6, 6.07) is 15.7. The van der Waals surface area contributed by atoms with Gasteiger partial charge in [-0.3, -0.25) is 14.6 Å². The number of nitrogens with one attached hydrogen (secondary N) is 1. The number of carbonyl (C=O) groups is 2. The molecule has 2 aromatic carbocycles. The van der Waals surface area contributed by atoms with Crippen LogP contribution in [0.2, 0.25) is 10.0 Å². The van der Waals surface area contributed by atoms with Gasteiger partial charge in [-0.25, -0.2) is 9.37 Å². The van der Waals surface area contributed by atoms with Crippen LogP contribution in [-0.2, 0) is 11.2 Å². The molecule has 6 unspecified atom stereocenters. The number of hydrogen-bond donors (Lipinski definition) is 1. The number of nitriles is 1. The zero-order valence-electron chi connectivity index (χ0n) is 32.1. The van der Waals surface area contributed by atoms with Crippen molar-refractivity contribution in [3.05, 3.63) is 87.2 Å². The van der Waals surface area contributed by atoms with E-state index in [0.717, 1.165) is 54.5 Å². The van der Waals surface area contributed by atoms with Crippen LogP contribution in [0.25, 0.3) is 32.9 Å². The number of aromatic nitrogens is 3. The van der Waals surface area contributed by atoms with Crippen LogP contribution >= 0.6 is 23.2 Å². The van der Waals surface area contributed by atoms with Crippen LogP contribution in [-0.4, -0.2) is 82.0 Å². The number of pyridine rings is 2. The molecule has 10 nitrogen and oxygen atoms in total. The lowest BCUT2D eigenvalue weighted by Gasteiger charge is -2.40. The first kappa shape index (κ1) is 36.6. The van der Waals surface area contributed by atoms with Crippen molar-refractivity contribution in [3.63, 3.8) is 0 Å². The van der Waals surface area contributed by atoms with E-state index in [0.29, 0.717) is 63.9 Å². The number of nitrogens with zero attached hydrogens (tertiary/aromatic N) is 7. The Balaban J connectivity index is 1.18. The van der Waals surface area contributed by atoms with Crippen LogP contribution in [0.4, 0.5) is 10.1 Å². The number of carbonyl (C=O) groups excluding carboxylic acids is 2. The van der Waals surface area contributed by atoms with Gasteiger partial charge >= 0.3 is 0 Å². The summed E-state index contributed by atoms with van der Waals surface area (Å²) in [6.45, 7) is 4.21. The van der Waals surface area contributed by atoms with Crippen molar-refractivity contribution in [2.75, 3.05) is 38.6 Å². The Labute approximate surface area is 340 Å². The molecule has 7 heterocycles. The largest absolute Gasteiger partial charge is 0.369 e. The zero-order valence-corrected chi connectivity index (χ0v) is 33.6. The highest BCUT2D eigenvalue weighted by Crippen LogP contribution is 2.54. The lowest BCUT2D eigenvalue weighted by Crippen LogP contribution is -2.45. The summed E-state index contributed by atoms with van der Waals surface area (Å²) in [6.07, 6.45) is 5.96. The molecule has 0 radical (unpaired) electrons. The molecule has 57 heavy (non-hydrogen) atoms. The Morgan fingerprint density at radius 2 is 1.89 bits per heavy atom. The first-order valence-electron chi connectivity index (χ1n) is 20.0. The van der Waals surface area contributed by atoms with Gasteiger partial charge in [0.15, 0.2) is 5.82 Å². The maximum absolute atomic E-state index is 17.4. The molecule has 11 rings (SSSR count). The number of piperidine rings is 1. The Hall–Kier alpha value is -4.76. The van der Waals surface area contributed by atoms with E-state index in [1.165, 1.54) is 4.90 Å². The molecule has 1 N–H and O–H groups in total. The number of rotatable bonds is 8. The zero-order chi connectivity index (χ0) is 39.4. The molecule has 6 atom stereocenters. The summed E-state index contributed by atoms with van der Waals surface area (Å²) in [5.74, 6) is 0.116. The third-order valence-corrected chi connectivity index (χ3v) is 14.1. The van der Waals surface area contributed by atoms with Gasteiger partial charge in [0.2, 0.25) is 5.91 Å². The van der Waals surface area contributed by atoms with Crippen molar-refractivity contribution < 1.29 is 14.0 Å². The molecule has 13 heteroatoms. The first-order chi connectivity index (χ1) is 27.5. The summed E-state index contributed by atoms with van der Waals surface area (Å²) < 4.78 is 19.8. The molecule has 5 aromatic rings. The Morgan fingerprint density at radius 3 is 2.61 bits per heavy atom. The molecule has 0 spiro atoms. The van der Waals surface area contributed by atoms with Crippen LogP contribution < -0.4 is 10.2 Å². The molecular weight excluding hydrogens is 762 g/mol.